The first-order chi connectivity index (χ1) is 8.25. The van der Waals surface area contributed by atoms with Gasteiger partial charge in [0.1, 0.15) is 0 Å². The summed E-state index contributed by atoms with van der Waals surface area (Å²) in [5.41, 5.74) is 8.92. The highest BCUT2D eigenvalue weighted by Gasteiger charge is 2.09. The largest absolute Gasteiger partial charge is 0.399 e. The van der Waals surface area contributed by atoms with Gasteiger partial charge in [-0.25, -0.2) is 0 Å². The van der Waals surface area contributed by atoms with Gasteiger partial charge in [0.15, 0.2) is 0 Å². The first kappa shape index (κ1) is 12.2. The van der Waals surface area contributed by atoms with Crippen LogP contribution < -0.4 is 11.1 Å². The van der Waals surface area contributed by atoms with E-state index in [4.69, 9.17) is 10.5 Å². The van der Waals surface area contributed by atoms with Crippen LogP contribution in [-0.2, 0) is 4.74 Å². The van der Waals surface area contributed by atoms with E-state index in [9.17, 15) is 0 Å². The van der Waals surface area contributed by atoms with Gasteiger partial charge in [-0.3, -0.25) is 4.90 Å². The second-order valence-corrected chi connectivity index (χ2v) is 4.46. The second kappa shape index (κ2) is 5.89. The molecule has 1 fully saturated rings. The Morgan fingerprint density at radius 3 is 2.82 bits per heavy atom. The molecule has 17 heavy (non-hydrogen) atoms. The molecule has 1 aliphatic heterocycles. The molecule has 94 valence electrons. The first-order valence-electron chi connectivity index (χ1n) is 6.16. The molecule has 1 saturated heterocycles. The molecule has 0 aromatic heterocycles. The highest BCUT2D eigenvalue weighted by Crippen LogP contribution is 2.17. The number of benzene rings is 1. The summed E-state index contributed by atoms with van der Waals surface area (Å²) >= 11 is 0. The zero-order valence-corrected chi connectivity index (χ0v) is 10.4. The van der Waals surface area contributed by atoms with Crippen molar-refractivity contribution in [3.63, 3.8) is 0 Å². The van der Waals surface area contributed by atoms with E-state index in [0.29, 0.717) is 0 Å². The predicted molar refractivity (Wildman–Crippen MR) is 71.3 cm³/mol. The minimum Gasteiger partial charge on any atom is -0.399 e. The maximum atomic E-state index is 5.72. The molecule has 3 N–H and O–H groups in total. The van der Waals surface area contributed by atoms with Crippen molar-refractivity contribution in [1.82, 2.24) is 4.90 Å². The Morgan fingerprint density at radius 1 is 1.35 bits per heavy atom. The van der Waals surface area contributed by atoms with Crippen LogP contribution in [-0.4, -0.2) is 44.3 Å². The highest BCUT2D eigenvalue weighted by atomic mass is 16.5. The number of nitrogens with zero attached hydrogens (tertiary/aromatic N) is 1. The maximum Gasteiger partial charge on any atom is 0.0594 e. The van der Waals surface area contributed by atoms with Crippen molar-refractivity contribution in [1.29, 1.82) is 0 Å². The summed E-state index contributed by atoms with van der Waals surface area (Å²) < 4.78 is 5.32. The van der Waals surface area contributed by atoms with E-state index in [-0.39, 0.29) is 0 Å². The van der Waals surface area contributed by atoms with Crippen molar-refractivity contribution in [2.24, 2.45) is 0 Å². The quantitative estimate of drug-likeness (QED) is 0.773. The summed E-state index contributed by atoms with van der Waals surface area (Å²) in [4.78, 5) is 2.42. The Labute approximate surface area is 103 Å². The summed E-state index contributed by atoms with van der Waals surface area (Å²) in [6.45, 7) is 7.91. The number of nitrogen functional groups attached to an aromatic ring is 1. The molecule has 1 aliphatic rings. The fourth-order valence-corrected chi connectivity index (χ4v) is 2.06. The van der Waals surface area contributed by atoms with Gasteiger partial charge in [-0.2, -0.15) is 0 Å². The number of hydrogen-bond acceptors (Lipinski definition) is 4. The molecular weight excluding hydrogens is 214 g/mol. The minimum atomic E-state index is 0.821. The summed E-state index contributed by atoms with van der Waals surface area (Å²) in [7, 11) is 0. The zero-order valence-electron chi connectivity index (χ0n) is 10.4. The normalized spacial score (nSPS) is 17.0. The maximum absolute atomic E-state index is 5.72. The minimum absolute atomic E-state index is 0.821. The molecular formula is C13H21N3O. The number of morpholine rings is 1. The Morgan fingerprint density at radius 2 is 2.12 bits per heavy atom. The third-order valence-electron chi connectivity index (χ3n) is 3.10. The number of ether oxygens (including phenoxy) is 1. The average Bonchev–Trinajstić information content (AvgIpc) is 2.33. The average molecular weight is 235 g/mol. The van der Waals surface area contributed by atoms with E-state index in [1.807, 2.05) is 18.2 Å². The van der Waals surface area contributed by atoms with Crippen LogP contribution in [0.4, 0.5) is 11.4 Å². The van der Waals surface area contributed by atoms with E-state index >= 15 is 0 Å². The highest BCUT2D eigenvalue weighted by molar-refractivity contribution is 5.57. The molecule has 0 aliphatic carbocycles. The molecule has 0 unspecified atom stereocenters. The van der Waals surface area contributed by atoms with E-state index in [1.54, 1.807) is 0 Å². The van der Waals surface area contributed by atoms with Crippen LogP contribution in [0.3, 0.4) is 0 Å². The molecule has 0 amide bonds. The predicted octanol–water partition coefficient (Wildman–Crippen LogP) is 1.32. The van der Waals surface area contributed by atoms with E-state index in [0.717, 1.165) is 45.1 Å². The van der Waals surface area contributed by atoms with Gasteiger partial charge in [0, 0.05) is 37.6 Å². The van der Waals surface area contributed by atoms with Gasteiger partial charge in [0.05, 0.1) is 13.2 Å². The molecule has 0 atom stereocenters. The van der Waals surface area contributed by atoms with Gasteiger partial charge >= 0.3 is 0 Å². The molecule has 1 aromatic carbocycles. The van der Waals surface area contributed by atoms with Crippen molar-refractivity contribution in [2.75, 3.05) is 50.4 Å². The summed E-state index contributed by atoms with van der Waals surface area (Å²) in [5, 5.41) is 3.45. The topological polar surface area (TPSA) is 50.5 Å². The van der Waals surface area contributed by atoms with Crippen molar-refractivity contribution in [2.45, 2.75) is 6.92 Å². The lowest BCUT2D eigenvalue weighted by Gasteiger charge is -2.26. The molecule has 1 aromatic rings. The van der Waals surface area contributed by atoms with Crippen LogP contribution in [0.5, 0.6) is 0 Å². The van der Waals surface area contributed by atoms with Gasteiger partial charge in [0.25, 0.3) is 0 Å². The van der Waals surface area contributed by atoms with Crippen LogP contribution in [0.2, 0.25) is 0 Å². The van der Waals surface area contributed by atoms with E-state index in [1.165, 1.54) is 11.3 Å². The van der Waals surface area contributed by atoms with Crippen LogP contribution in [0.25, 0.3) is 0 Å². The SMILES string of the molecule is Cc1cc(N)ccc1NCCN1CCOCC1. The van der Waals surface area contributed by atoms with Crippen molar-refractivity contribution in [3.05, 3.63) is 23.8 Å². The fraction of sp³-hybridized carbons (Fsp3) is 0.538. The van der Waals surface area contributed by atoms with Crippen molar-refractivity contribution in [3.8, 4) is 0 Å². The van der Waals surface area contributed by atoms with Gasteiger partial charge < -0.3 is 15.8 Å². The molecule has 0 saturated carbocycles. The van der Waals surface area contributed by atoms with Crippen LogP contribution in [0.15, 0.2) is 18.2 Å². The lowest BCUT2D eigenvalue weighted by Crippen LogP contribution is -2.39. The molecule has 4 nitrogen and oxygen atoms in total. The molecule has 4 heteroatoms. The zero-order chi connectivity index (χ0) is 12.1. The standard InChI is InChI=1S/C13H21N3O/c1-11-10-12(14)2-3-13(11)15-4-5-16-6-8-17-9-7-16/h2-3,10,15H,4-9,14H2,1H3. The summed E-state index contributed by atoms with van der Waals surface area (Å²) in [5.74, 6) is 0. The van der Waals surface area contributed by atoms with Gasteiger partial charge in [-0.1, -0.05) is 0 Å². The Hall–Kier alpha value is -1.26. The molecule has 0 radical (unpaired) electrons. The second-order valence-electron chi connectivity index (χ2n) is 4.46. The smallest absolute Gasteiger partial charge is 0.0594 e. The first-order valence-corrected chi connectivity index (χ1v) is 6.16. The van der Waals surface area contributed by atoms with Crippen molar-refractivity contribution < 1.29 is 4.74 Å². The fourth-order valence-electron chi connectivity index (χ4n) is 2.06. The number of nitrogens with one attached hydrogen (secondary N) is 1. The molecule has 2 rings (SSSR count). The number of rotatable bonds is 4. The number of nitrogens with two attached hydrogens (primary N) is 1. The Bertz CT molecular complexity index is 362. The van der Waals surface area contributed by atoms with Crippen LogP contribution in [0.1, 0.15) is 5.56 Å². The summed E-state index contributed by atoms with van der Waals surface area (Å²) in [6, 6.07) is 5.98. The monoisotopic (exact) mass is 235 g/mol. The van der Waals surface area contributed by atoms with Crippen molar-refractivity contribution >= 4 is 11.4 Å². The Balaban J connectivity index is 1.77. The van der Waals surface area contributed by atoms with Gasteiger partial charge in [0.2, 0.25) is 0 Å². The lowest BCUT2D eigenvalue weighted by atomic mass is 10.2. The van der Waals surface area contributed by atoms with Crippen LogP contribution >= 0.6 is 0 Å². The van der Waals surface area contributed by atoms with Gasteiger partial charge in [-0.15, -0.1) is 0 Å². The molecule has 1 heterocycles. The third-order valence-corrected chi connectivity index (χ3v) is 3.10. The number of anilines is 2. The number of hydrogen-bond donors (Lipinski definition) is 2. The molecule has 0 bridgehead atoms. The summed E-state index contributed by atoms with van der Waals surface area (Å²) in [6.07, 6.45) is 0. The van der Waals surface area contributed by atoms with Gasteiger partial charge in [-0.05, 0) is 30.7 Å². The van der Waals surface area contributed by atoms with E-state index < -0.39 is 0 Å². The van der Waals surface area contributed by atoms with Crippen LogP contribution in [0, 0.1) is 6.92 Å². The van der Waals surface area contributed by atoms with E-state index in [2.05, 4.69) is 17.1 Å². The third kappa shape index (κ3) is 3.61. The Kier molecular flexibility index (Phi) is 4.23. The number of aryl methyl sites for hydroxylation is 1. The molecule has 0 spiro atoms. The lowest BCUT2D eigenvalue weighted by molar-refractivity contribution is 0.0398.